The number of nitrogens with zero attached hydrogens (tertiary/aromatic N) is 1. The predicted octanol–water partition coefficient (Wildman–Crippen LogP) is 7.02. The van der Waals surface area contributed by atoms with Crippen molar-refractivity contribution in [1.29, 1.82) is 0 Å². The number of benzene rings is 2. The number of aryl methyl sites for hydroxylation is 2. The lowest BCUT2D eigenvalue weighted by atomic mass is 10.0. The van der Waals surface area contributed by atoms with Gasteiger partial charge in [-0.3, -0.25) is 4.79 Å². The lowest BCUT2D eigenvalue weighted by Crippen LogP contribution is -2.23. The molecule has 0 bridgehead atoms. The van der Waals surface area contributed by atoms with Gasteiger partial charge in [0, 0.05) is 18.3 Å². The van der Waals surface area contributed by atoms with Gasteiger partial charge in [0.1, 0.15) is 5.15 Å². The van der Waals surface area contributed by atoms with Crippen LogP contribution in [0.5, 0.6) is 11.5 Å². The Bertz CT molecular complexity index is 1030. The molecule has 3 rings (SSSR count). The third-order valence-corrected chi connectivity index (χ3v) is 4.84. The van der Waals surface area contributed by atoms with Gasteiger partial charge in [0.15, 0.2) is 11.5 Å². The Kier molecular flexibility index (Phi) is 12.0. The van der Waals surface area contributed by atoms with Crippen molar-refractivity contribution in [2.75, 3.05) is 14.2 Å². The highest BCUT2D eigenvalue weighted by molar-refractivity contribution is 6.32. The molecule has 0 aliphatic heterocycles. The monoisotopic (exact) mass is 470 g/mol. The van der Waals surface area contributed by atoms with Crippen LogP contribution in [0.2, 0.25) is 5.15 Å². The van der Waals surface area contributed by atoms with Gasteiger partial charge in [0.2, 0.25) is 0 Å². The minimum absolute atomic E-state index is 0.169. The highest BCUT2D eigenvalue weighted by Gasteiger charge is 2.14. The van der Waals surface area contributed by atoms with Crippen LogP contribution in [0.1, 0.15) is 54.7 Å². The Labute approximate surface area is 203 Å². The number of carbonyl (C=O) groups excluding carboxylic acids is 1. The van der Waals surface area contributed by atoms with Crippen LogP contribution in [-0.4, -0.2) is 25.1 Å². The van der Waals surface area contributed by atoms with Gasteiger partial charge >= 0.3 is 0 Å². The van der Waals surface area contributed by atoms with Gasteiger partial charge in [-0.05, 0) is 43.2 Å². The summed E-state index contributed by atoms with van der Waals surface area (Å²) in [4.78, 5) is 17.0. The van der Waals surface area contributed by atoms with Crippen LogP contribution >= 0.6 is 11.6 Å². The summed E-state index contributed by atoms with van der Waals surface area (Å²) in [5.74, 6) is 0.954. The molecule has 1 N–H and O–H groups in total. The summed E-state index contributed by atoms with van der Waals surface area (Å²) in [7, 11) is 3.15. The minimum atomic E-state index is -0.288. The van der Waals surface area contributed by atoms with Gasteiger partial charge in [0.25, 0.3) is 5.91 Å². The molecule has 1 heterocycles. The molecule has 178 valence electrons. The van der Waals surface area contributed by atoms with Gasteiger partial charge in [-0.1, -0.05) is 74.7 Å². The second kappa shape index (κ2) is 14.2. The molecule has 5 nitrogen and oxygen atoms in total. The van der Waals surface area contributed by atoms with E-state index in [1.54, 1.807) is 32.5 Å². The molecular formula is C27H35ClN2O3. The molecule has 0 radical (unpaired) electrons. The minimum Gasteiger partial charge on any atom is -0.493 e. The van der Waals surface area contributed by atoms with Gasteiger partial charge in [0.05, 0.1) is 19.8 Å². The Morgan fingerprint density at radius 2 is 1.48 bits per heavy atom. The van der Waals surface area contributed by atoms with E-state index in [9.17, 15) is 4.79 Å². The van der Waals surface area contributed by atoms with E-state index in [-0.39, 0.29) is 11.1 Å². The van der Waals surface area contributed by atoms with Gasteiger partial charge in [-0.2, -0.15) is 0 Å². The van der Waals surface area contributed by atoms with Crippen LogP contribution in [0.15, 0.2) is 48.7 Å². The van der Waals surface area contributed by atoms with Gasteiger partial charge < -0.3 is 14.8 Å². The molecule has 0 unspecified atom stereocenters. The first-order chi connectivity index (χ1) is 15.9. The molecule has 2 aromatic carbocycles. The Balaban J connectivity index is 0.00000129. The van der Waals surface area contributed by atoms with E-state index in [1.165, 1.54) is 0 Å². The first kappa shape index (κ1) is 28.0. The summed E-state index contributed by atoms with van der Waals surface area (Å²) in [6, 6.07) is 13.5. The molecule has 0 fully saturated rings. The average molecular weight is 471 g/mol. The van der Waals surface area contributed by atoms with Crippen molar-refractivity contribution in [3.05, 3.63) is 76.1 Å². The molecule has 0 saturated carbocycles. The van der Waals surface area contributed by atoms with E-state index in [2.05, 4.69) is 28.5 Å². The SMILES string of the molecule is CC.CC.COc1ccc(CNC(=O)c2cc(-c3cc(C)cc(C)c3)cnc2Cl)cc1OC. The molecule has 6 heteroatoms. The maximum atomic E-state index is 12.7. The predicted molar refractivity (Wildman–Crippen MR) is 138 cm³/mol. The zero-order valence-corrected chi connectivity index (χ0v) is 21.6. The van der Waals surface area contributed by atoms with Crippen molar-refractivity contribution >= 4 is 17.5 Å². The number of aromatic nitrogens is 1. The molecule has 0 aliphatic rings. The number of amides is 1. The highest BCUT2D eigenvalue weighted by Crippen LogP contribution is 2.28. The molecule has 3 aromatic rings. The fourth-order valence-corrected chi connectivity index (χ4v) is 3.36. The summed E-state index contributed by atoms with van der Waals surface area (Å²) in [6.45, 7) is 12.4. The summed E-state index contributed by atoms with van der Waals surface area (Å²) in [5.41, 5.74) is 5.36. The summed E-state index contributed by atoms with van der Waals surface area (Å²) >= 11 is 6.20. The van der Waals surface area contributed by atoms with Crippen LogP contribution < -0.4 is 14.8 Å². The van der Waals surface area contributed by atoms with E-state index in [4.69, 9.17) is 21.1 Å². The lowest BCUT2D eigenvalue weighted by Gasteiger charge is -2.12. The first-order valence-corrected chi connectivity index (χ1v) is 11.5. The van der Waals surface area contributed by atoms with Crippen molar-refractivity contribution in [2.24, 2.45) is 0 Å². The molecule has 0 atom stereocenters. The van der Waals surface area contributed by atoms with E-state index < -0.39 is 0 Å². The third kappa shape index (κ3) is 7.79. The number of halogens is 1. The smallest absolute Gasteiger partial charge is 0.254 e. The number of nitrogens with one attached hydrogen (secondary N) is 1. The van der Waals surface area contributed by atoms with Gasteiger partial charge in [-0.25, -0.2) is 4.98 Å². The number of ether oxygens (including phenoxy) is 2. The number of methoxy groups -OCH3 is 2. The molecular weight excluding hydrogens is 436 g/mol. The van der Waals surface area contributed by atoms with Crippen LogP contribution in [-0.2, 0) is 6.54 Å². The topological polar surface area (TPSA) is 60.5 Å². The van der Waals surface area contributed by atoms with Crippen molar-refractivity contribution in [3.63, 3.8) is 0 Å². The van der Waals surface area contributed by atoms with Crippen molar-refractivity contribution in [1.82, 2.24) is 10.3 Å². The molecule has 1 aromatic heterocycles. The van der Waals surface area contributed by atoms with Crippen molar-refractivity contribution < 1.29 is 14.3 Å². The van der Waals surface area contributed by atoms with E-state index in [0.29, 0.717) is 23.6 Å². The summed E-state index contributed by atoms with van der Waals surface area (Å²) in [6.07, 6.45) is 1.68. The maximum Gasteiger partial charge on any atom is 0.254 e. The number of carbonyl (C=O) groups is 1. The van der Waals surface area contributed by atoms with Crippen LogP contribution in [0.25, 0.3) is 11.1 Å². The van der Waals surface area contributed by atoms with Crippen molar-refractivity contribution in [2.45, 2.75) is 48.1 Å². The maximum absolute atomic E-state index is 12.7. The zero-order chi connectivity index (χ0) is 25.0. The van der Waals surface area contributed by atoms with Crippen LogP contribution in [0.4, 0.5) is 0 Å². The van der Waals surface area contributed by atoms with Gasteiger partial charge in [-0.15, -0.1) is 0 Å². The van der Waals surface area contributed by atoms with E-state index in [0.717, 1.165) is 27.8 Å². The quantitative estimate of drug-likeness (QED) is 0.393. The van der Waals surface area contributed by atoms with E-state index >= 15 is 0 Å². The standard InChI is InChI=1S/C23H23ClN2O3.2C2H6/c1-14-7-15(2)9-17(8-14)18-11-19(22(24)25-13-18)23(27)26-12-16-5-6-20(28-3)21(10-16)29-4;2*1-2/h5-11,13H,12H2,1-4H3,(H,26,27);2*1-2H3. The fraction of sp³-hybridized carbons (Fsp3) is 0.333. The second-order valence-corrected chi connectivity index (χ2v) is 7.17. The molecule has 1 amide bonds. The second-order valence-electron chi connectivity index (χ2n) is 6.81. The molecule has 0 aliphatic carbocycles. The number of rotatable bonds is 6. The Morgan fingerprint density at radius 3 is 2.06 bits per heavy atom. The Morgan fingerprint density at radius 1 is 0.879 bits per heavy atom. The Hall–Kier alpha value is -3.05. The lowest BCUT2D eigenvalue weighted by molar-refractivity contribution is 0.0950. The normalized spacial score (nSPS) is 9.61. The summed E-state index contributed by atoms with van der Waals surface area (Å²) in [5, 5.41) is 3.06. The average Bonchev–Trinajstić information content (AvgIpc) is 2.84. The van der Waals surface area contributed by atoms with Crippen LogP contribution in [0, 0.1) is 13.8 Å². The largest absolute Gasteiger partial charge is 0.493 e. The van der Waals surface area contributed by atoms with E-state index in [1.807, 2.05) is 53.7 Å². The molecule has 0 saturated heterocycles. The fourth-order valence-electron chi connectivity index (χ4n) is 3.17. The van der Waals surface area contributed by atoms with Crippen molar-refractivity contribution in [3.8, 4) is 22.6 Å². The zero-order valence-electron chi connectivity index (χ0n) is 20.9. The third-order valence-electron chi connectivity index (χ3n) is 4.54. The number of pyridine rings is 1. The number of hydrogen-bond donors (Lipinski definition) is 1. The first-order valence-electron chi connectivity index (χ1n) is 11.1. The molecule has 33 heavy (non-hydrogen) atoms. The van der Waals surface area contributed by atoms with Crippen LogP contribution in [0.3, 0.4) is 0 Å². The number of hydrogen-bond acceptors (Lipinski definition) is 4. The molecule has 0 spiro atoms. The summed E-state index contributed by atoms with van der Waals surface area (Å²) < 4.78 is 10.5. The highest BCUT2D eigenvalue weighted by atomic mass is 35.5.